The Bertz CT molecular complexity index is 569. The predicted octanol–water partition coefficient (Wildman–Crippen LogP) is 2.44. The molecule has 0 unspecified atom stereocenters. The third kappa shape index (κ3) is 2.80. The normalized spacial score (nSPS) is 10.2. The molecular formula is C10H9BrN4OS. The summed E-state index contributed by atoms with van der Waals surface area (Å²) >= 11 is 4.54. The summed E-state index contributed by atoms with van der Waals surface area (Å²) < 4.78 is 0.867. The third-order valence-corrected chi connectivity index (χ3v) is 3.14. The van der Waals surface area contributed by atoms with Gasteiger partial charge in [0.15, 0.2) is 5.13 Å². The molecule has 2 heterocycles. The van der Waals surface area contributed by atoms with Crippen LogP contribution in [0.4, 0.5) is 10.9 Å². The van der Waals surface area contributed by atoms with Crippen molar-refractivity contribution in [1.29, 1.82) is 0 Å². The summed E-state index contributed by atoms with van der Waals surface area (Å²) in [4.78, 5) is 19.8. The van der Waals surface area contributed by atoms with E-state index in [2.05, 4.69) is 31.2 Å². The molecule has 0 saturated carbocycles. The molecule has 0 atom stereocenters. The van der Waals surface area contributed by atoms with E-state index in [9.17, 15) is 4.79 Å². The van der Waals surface area contributed by atoms with Gasteiger partial charge in [-0.15, -0.1) is 11.3 Å². The first-order valence-corrected chi connectivity index (χ1v) is 6.38. The Morgan fingerprint density at radius 3 is 2.94 bits per heavy atom. The van der Waals surface area contributed by atoms with Gasteiger partial charge in [0.2, 0.25) is 0 Å². The van der Waals surface area contributed by atoms with E-state index in [1.54, 1.807) is 11.6 Å². The van der Waals surface area contributed by atoms with Crippen LogP contribution >= 0.6 is 27.3 Å². The molecule has 0 aliphatic carbocycles. The van der Waals surface area contributed by atoms with Crippen LogP contribution < -0.4 is 11.1 Å². The number of nitrogens with zero attached hydrogens (tertiary/aromatic N) is 2. The van der Waals surface area contributed by atoms with E-state index < -0.39 is 0 Å². The maximum absolute atomic E-state index is 11.8. The smallest absolute Gasteiger partial charge is 0.276 e. The lowest BCUT2D eigenvalue weighted by Gasteiger charge is -2.05. The van der Waals surface area contributed by atoms with Crippen molar-refractivity contribution < 1.29 is 4.79 Å². The van der Waals surface area contributed by atoms with Crippen LogP contribution in [0.1, 0.15) is 16.1 Å². The fraction of sp³-hybridized carbons (Fsp3) is 0.100. The molecule has 2 aromatic rings. The molecule has 2 rings (SSSR count). The topological polar surface area (TPSA) is 80.9 Å². The van der Waals surface area contributed by atoms with Crippen molar-refractivity contribution >= 4 is 44.1 Å². The maximum atomic E-state index is 11.8. The molecule has 0 radical (unpaired) electrons. The number of carbonyl (C=O) groups excluding carboxylic acids is 1. The number of nitrogens with one attached hydrogen (secondary N) is 1. The monoisotopic (exact) mass is 312 g/mol. The first kappa shape index (κ1) is 12.0. The van der Waals surface area contributed by atoms with E-state index in [-0.39, 0.29) is 5.91 Å². The van der Waals surface area contributed by atoms with Gasteiger partial charge < -0.3 is 11.1 Å². The van der Waals surface area contributed by atoms with E-state index in [1.807, 2.05) is 13.0 Å². The molecule has 0 aliphatic heterocycles. The number of aromatic nitrogens is 2. The molecule has 2 aromatic heterocycles. The van der Waals surface area contributed by atoms with Crippen LogP contribution in [0.25, 0.3) is 0 Å². The number of hydrogen-bond acceptors (Lipinski definition) is 5. The van der Waals surface area contributed by atoms with Gasteiger partial charge in [-0.05, 0) is 34.5 Å². The molecular weight excluding hydrogens is 304 g/mol. The van der Waals surface area contributed by atoms with Crippen LogP contribution in [-0.4, -0.2) is 15.9 Å². The number of aryl methyl sites for hydroxylation is 1. The third-order valence-electron chi connectivity index (χ3n) is 2.03. The SMILES string of the molecule is Cc1cc(Br)cnc1NC(=O)c1csc(N)n1. The highest BCUT2D eigenvalue weighted by Gasteiger charge is 2.11. The number of amides is 1. The fourth-order valence-corrected chi connectivity index (χ4v) is 2.22. The number of hydrogen-bond donors (Lipinski definition) is 2. The van der Waals surface area contributed by atoms with Crippen molar-refractivity contribution in [3.8, 4) is 0 Å². The average molecular weight is 313 g/mol. The number of rotatable bonds is 2. The second-order valence-corrected chi connectivity index (χ2v) is 5.15. The number of pyridine rings is 1. The van der Waals surface area contributed by atoms with Gasteiger partial charge in [0, 0.05) is 16.0 Å². The number of nitrogen functional groups attached to an aromatic ring is 1. The molecule has 88 valence electrons. The Balaban J connectivity index is 2.18. The number of anilines is 2. The molecule has 17 heavy (non-hydrogen) atoms. The highest BCUT2D eigenvalue weighted by molar-refractivity contribution is 9.10. The highest BCUT2D eigenvalue weighted by Crippen LogP contribution is 2.18. The van der Waals surface area contributed by atoms with Crippen molar-refractivity contribution in [2.45, 2.75) is 6.92 Å². The number of halogens is 1. The fourth-order valence-electron chi connectivity index (χ4n) is 1.23. The summed E-state index contributed by atoms with van der Waals surface area (Å²) in [6.45, 7) is 1.86. The van der Waals surface area contributed by atoms with Crippen LogP contribution in [0.2, 0.25) is 0 Å². The Morgan fingerprint density at radius 2 is 2.35 bits per heavy atom. The molecule has 7 heteroatoms. The summed E-state index contributed by atoms with van der Waals surface area (Å²) in [5.74, 6) is 0.209. The lowest BCUT2D eigenvalue weighted by atomic mass is 10.3. The highest BCUT2D eigenvalue weighted by atomic mass is 79.9. The minimum Gasteiger partial charge on any atom is -0.375 e. The lowest BCUT2D eigenvalue weighted by Crippen LogP contribution is -2.14. The van der Waals surface area contributed by atoms with Gasteiger partial charge in [0.25, 0.3) is 5.91 Å². The van der Waals surface area contributed by atoms with Crippen molar-refractivity contribution in [3.05, 3.63) is 33.4 Å². The van der Waals surface area contributed by atoms with Crippen molar-refractivity contribution in [2.24, 2.45) is 0 Å². The van der Waals surface area contributed by atoms with Gasteiger partial charge in [-0.1, -0.05) is 0 Å². The van der Waals surface area contributed by atoms with Gasteiger partial charge in [0.1, 0.15) is 11.5 Å². The molecule has 0 fully saturated rings. The summed E-state index contributed by atoms with van der Waals surface area (Å²) in [6, 6.07) is 1.87. The van der Waals surface area contributed by atoms with Gasteiger partial charge in [-0.3, -0.25) is 4.79 Å². The zero-order valence-electron chi connectivity index (χ0n) is 8.90. The van der Waals surface area contributed by atoms with Gasteiger partial charge in [0.05, 0.1) is 0 Å². The molecule has 0 spiro atoms. The number of nitrogens with two attached hydrogens (primary N) is 1. The zero-order chi connectivity index (χ0) is 12.4. The van der Waals surface area contributed by atoms with E-state index >= 15 is 0 Å². The first-order valence-electron chi connectivity index (χ1n) is 4.71. The quantitative estimate of drug-likeness (QED) is 0.892. The Kier molecular flexibility index (Phi) is 3.39. The summed E-state index contributed by atoms with van der Waals surface area (Å²) in [6.07, 6.45) is 1.62. The lowest BCUT2D eigenvalue weighted by molar-refractivity contribution is 0.102. The molecule has 0 aliphatic rings. The van der Waals surface area contributed by atoms with Crippen molar-refractivity contribution in [1.82, 2.24) is 9.97 Å². The van der Waals surface area contributed by atoms with E-state index in [0.29, 0.717) is 16.6 Å². The van der Waals surface area contributed by atoms with Crippen LogP contribution in [-0.2, 0) is 0 Å². The largest absolute Gasteiger partial charge is 0.375 e. The zero-order valence-corrected chi connectivity index (χ0v) is 11.3. The average Bonchev–Trinajstić information content (AvgIpc) is 2.69. The predicted molar refractivity (Wildman–Crippen MR) is 71.2 cm³/mol. The Morgan fingerprint density at radius 1 is 1.59 bits per heavy atom. The maximum Gasteiger partial charge on any atom is 0.276 e. The molecule has 0 bridgehead atoms. The van der Waals surface area contributed by atoms with Gasteiger partial charge in [-0.2, -0.15) is 0 Å². The van der Waals surface area contributed by atoms with Crippen LogP contribution in [0.5, 0.6) is 0 Å². The minimum absolute atomic E-state index is 0.302. The van der Waals surface area contributed by atoms with Crippen molar-refractivity contribution in [2.75, 3.05) is 11.1 Å². The van der Waals surface area contributed by atoms with Gasteiger partial charge >= 0.3 is 0 Å². The van der Waals surface area contributed by atoms with Crippen LogP contribution in [0.15, 0.2) is 22.1 Å². The van der Waals surface area contributed by atoms with E-state index in [4.69, 9.17) is 5.73 Å². The molecule has 0 aromatic carbocycles. The minimum atomic E-state index is -0.309. The van der Waals surface area contributed by atoms with Crippen molar-refractivity contribution in [3.63, 3.8) is 0 Å². The number of carbonyl (C=O) groups is 1. The standard InChI is InChI=1S/C10H9BrN4OS/c1-5-2-6(11)3-13-8(5)15-9(16)7-4-17-10(12)14-7/h2-4H,1H3,(H2,12,14)(H,13,15,16). The Labute approximate surface area is 110 Å². The second kappa shape index (κ2) is 4.80. The van der Waals surface area contributed by atoms with Crippen LogP contribution in [0, 0.1) is 6.92 Å². The van der Waals surface area contributed by atoms with Gasteiger partial charge in [-0.25, -0.2) is 9.97 Å². The number of thiazole rings is 1. The first-order chi connectivity index (χ1) is 8.06. The van der Waals surface area contributed by atoms with E-state index in [0.717, 1.165) is 10.0 Å². The Hall–Kier alpha value is -1.47. The summed E-state index contributed by atoms with van der Waals surface area (Å²) in [5, 5.41) is 4.67. The van der Waals surface area contributed by atoms with Crippen LogP contribution in [0.3, 0.4) is 0 Å². The molecule has 3 N–H and O–H groups in total. The second-order valence-electron chi connectivity index (χ2n) is 3.34. The summed E-state index contributed by atoms with van der Waals surface area (Å²) in [7, 11) is 0. The molecule has 0 saturated heterocycles. The molecule has 1 amide bonds. The van der Waals surface area contributed by atoms with E-state index in [1.165, 1.54) is 11.3 Å². The molecule has 5 nitrogen and oxygen atoms in total. The summed E-state index contributed by atoms with van der Waals surface area (Å²) in [5.41, 5.74) is 6.64.